The van der Waals surface area contributed by atoms with Gasteiger partial charge in [0.2, 0.25) is 0 Å². The van der Waals surface area contributed by atoms with Gasteiger partial charge < -0.3 is 24.4 Å². The van der Waals surface area contributed by atoms with Crippen LogP contribution in [0.4, 0.5) is 4.79 Å². The summed E-state index contributed by atoms with van der Waals surface area (Å²) in [5.74, 6) is 1.85. The van der Waals surface area contributed by atoms with Crippen molar-refractivity contribution < 1.29 is 19.0 Å². The van der Waals surface area contributed by atoms with Crippen LogP contribution in [0.5, 0.6) is 11.5 Å². The highest BCUT2D eigenvalue weighted by atomic mass is 16.5. The summed E-state index contributed by atoms with van der Waals surface area (Å²) in [6, 6.07) is 13.2. The Morgan fingerprint density at radius 3 is 2.48 bits per heavy atom. The van der Waals surface area contributed by atoms with Crippen LogP contribution in [0.25, 0.3) is 10.9 Å². The Morgan fingerprint density at radius 1 is 1.10 bits per heavy atom. The molecule has 1 aromatic heterocycles. The summed E-state index contributed by atoms with van der Waals surface area (Å²) in [7, 11) is 5.24. The fourth-order valence-corrected chi connectivity index (χ4v) is 5.52. The minimum Gasteiger partial charge on any atom is -0.493 e. The molecule has 0 aliphatic carbocycles. The van der Waals surface area contributed by atoms with E-state index in [-0.39, 0.29) is 29.5 Å². The van der Waals surface area contributed by atoms with Crippen molar-refractivity contribution in [3.8, 4) is 11.5 Å². The summed E-state index contributed by atoms with van der Waals surface area (Å²) in [5, 5.41) is 3.42. The molecular formula is C31H42N4O5. The average Bonchev–Trinajstić information content (AvgIpc) is 2.93. The largest absolute Gasteiger partial charge is 0.493 e. The highest BCUT2D eigenvalue weighted by Crippen LogP contribution is 2.36. The number of hydrogen-bond donors (Lipinski definition) is 1. The van der Waals surface area contributed by atoms with Gasteiger partial charge in [-0.05, 0) is 49.9 Å². The third-order valence-corrected chi connectivity index (χ3v) is 7.43. The zero-order valence-corrected chi connectivity index (χ0v) is 24.5. The fourth-order valence-electron chi connectivity index (χ4n) is 5.52. The number of nitrogens with one attached hydrogen (secondary N) is 1. The minimum absolute atomic E-state index is 0.0217. The SMILES string of the molecule is COc1cc2nc(C3CCCN(C)C3CCNC(=O)OCc3ccccc3)n(CC(C)(C)C)c(=O)c2cc1OC. The number of rotatable bonds is 9. The molecular weight excluding hydrogens is 508 g/mol. The standard InChI is InChI=1S/C31H42N4O5/c1-31(2,3)20-35-28(33-24-18-27(39-6)26(38-5)17-23(24)29(35)36)22-13-10-16-34(4)25(22)14-15-32-30(37)40-19-21-11-8-7-9-12-21/h7-9,11-12,17-18,22,25H,10,13-16,19-20H2,1-6H3,(H,32,37). The van der Waals surface area contributed by atoms with Crippen LogP contribution in [0.2, 0.25) is 0 Å². The molecule has 0 spiro atoms. The van der Waals surface area contributed by atoms with Crippen LogP contribution in [0.1, 0.15) is 57.3 Å². The lowest BCUT2D eigenvalue weighted by Gasteiger charge is -2.40. The van der Waals surface area contributed by atoms with E-state index in [1.165, 1.54) is 0 Å². The van der Waals surface area contributed by atoms with Gasteiger partial charge in [0.25, 0.3) is 5.56 Å². The highest BCUT2D eigenvalue weighted by Gasteiger charge is 2.34. The molecule has 0 saturated carbocycles. The molecule has 1 N–H and O–H groups in total. The van der Waals surface area contributed by atoms with Gasteiger partial charge in [0.15, 0.2) is 11.5 Å². The van der Waals surface area contributed by atoms with Crippen LogP contribution in [-0.2, 0) is 17.9 Å². The summed E-state index contributed by atoms with van der Waals surface area (Å²) in [4.78, 5) is 33.8. The van der Waals surface area contributed by atoms with Crippen LogP contribution in [-0.4, -0.2) is 60.9 Å². The number of alkyl carbamates (subject to hydrolysis) is 1. The van der Waals surface area contributed by atoms with E-state index in [2.05, 4.69) is 38.0 Å². The van der Waals surface area contributed by atoms with Gasteiger partial charge in [-0.15, -0.1) is 0 Å². The van der Waals surface area contributed by atoms with E-state index in [9.17, 15) is 9.59 Å². The smallest absolute Gasteiger partial charge is 0.407 e. The zero-order chi connectivity index (χ0) is 28.9. The number of ether oxygens (including phenoxy) is 3. The third kappa shape index (κ3) is 6.94. The van der Waals surface area contributed by atoms with Crippen LogP contribution in [0.3, 0.4) is 0 Å². The lowest BCUT2D eigenvalue weighted by atomic mass is 9.85. The predicted octanol–water partition coefficient (Wildman–Crippen LogP) is 4.95. The molecule has 0 radical (unpaired) electrons. The third-order valence-electron chi connectivity index (χ3n) is 7.43. The van der Waals surface area contributed by atoms with Gasteiger partial charge in [-0.3, -0.25) is 9.36 Å². The summed E-state index contributed by atoms with van der Waals surface area (Å²) < 4.78 is 18.2. The minimum atomic E-state index is -0.437. The number of likely N-dealkylation sites (tertiary alicyclic amines) is 1. The number of carbonyl (C=O) groups is 1. The van der Waals surface area contributed by atoms with E-state index >= 15 is 0 Å². The van der Waals surface area contributed by atoms with Crippen LogP contribution >= 0.6 is 0 Å². The van der Waals surface area contributed by atoms with Gasteiger partial charge in [0.05, 0.1) is 25.1 Å². The van der Waals surface area contributed by atoms with Crippen molar-refractivity contribution in [1.29, 1.82) is 0 Å². The lowest BCUT2D eigenvalue weighted by Crippen LogP contribution is -2.46. The number of likely N-dealkylation sites (N-methyl/N-ethyl adjacent to an activating group) is 1. The molecule has 2 unspecified atom stereocenters. The van der Waals surface area contributed by atoms with Crippen molar-refractivity contribution in [2.45, 2.75) is 65.1 Å². The number of fused-ring (bicyclic) bond motifs is 1. The van der Waals surface area contributed by atoms with Crippen molar-refractivity contribution in [2.75, 3.05) is 34.4 Å². The molecule has 216 valence electrons. The predicted molar refractivity (Wildman–Crippen MR) is 156 cm³/mol. The van der Waals surface area contributed by atoms with Crippen LogP contribution in [0.15, 0.2) is 47.3 Å². The first kappa shape index (κ1) is 29.4. The molecule has 40 heavy (non-hydrogen) atoms. The zero-order valence-electron chi connectivity index (χ0n) is 24.5. The van der Waals surface area contributed by atoms with E-state index in [0.29, 0.717) is 41.9 Å². The van der Waals surface area contributed by atoms with Gasteiger partial charge in [0, 0.05) is 31.1 Å². The molecule has 1 aliphatic rings. The summed E-state index contributed by atoms with van der Waals surface area (Å²) in [6.45, 7) is 8.54. The maximum atomic E-state index is 14.0. The number of hydrogen-bond acceptors (Lipinski definition) is 7. The van der Waals surface area contributed by atoms with Gasteiger partial charge >= 0.3 is 6.09 Å². The van der Waals surface area contributed by atoms with Crippen molar-refractivity contribution >= 4 is 17.0 Å². The van der Waals surface area contributed by atoms with Crippen molar-refractivity contribution in [1.82, 2.24) is 19.8 Å². The number of amides is 1. The number of aromatic nitrogens is 2. The van der Waals surface area contributed by atoms with Crippen molar-refractivity contribution in [3.05, 3.63) is 64.2 Å². The van der Waals surface area contributed by atoms with E-state index < -0.39 is 6.09 Å². The molecule has 9 heteroatoms. The number of methoxy groups -OCH3 is 2. The molecule has 1 amide bonds. The molecule has 1 aliphatic heterocycles. The van der Waals surface area contributed by atoms with Gasteiger partial charge in [-0.25, -0.2) is 9.78 Å². The second-order valence-electron chi connectivity index (χ2n) is 11.7. The Hall–Kier alpha value is -3.59. The Bertz CT molecular complexity index is 1370. The Balaban J connectivity index is 1.61. The summed E-state index contributed by atoms with van der Waals surface area (Å²) >= 11 is 0. The Morgan fingerprint density at radius 2 is 1.80 bits per heavy atom. The summed E-state index contributed by atoms with van der Waals surface area (Å²) in [5.41, 5.74) is 1.32. The number of piperidine rings is 1. The van der Waals surface area contributed by atoms with E-state index in [4.69, 9.17) is 19.2 Å². The monoisotopic (exact) mass is 550 g/mol. The normalized spacial score (nSPS) is 17.9. The molecule has 1 saturated heterocycles. The highest BCUT2D eigenvalue weighted by molar-refractivity contribution is 5.82. The quantitative estimate of drug-likeness (QED) is 0.403. The molecule has 3 aromatic rings. The number of benzene rings is 2. The van der Waals surface area contributed by atoms with Crippen molar-refractivity contribution in [3.63, 3.8) is 0 Å². The lowest BCUT2D eigenvalue weighted by molar-refractivity contribution is 0.128. The molecule has 4 rings (SSSR count). The Kier molecular flexibility index (Phi) is 9.35. The maximum Gasteiger partial charge on any atom is 0.407 e. The molecule has 2 heterocycles. The van der Waals surface area contributed by atoms with Crippen LogP contribution in [0, 0.1) is 5.41 Å². The maximum absolute atomic E-state index is 14.0. The molecule has 9 nitrogen and oxygen atoms in total. The van der Waals surface area contributed by atoms with E-state index in [0.717, 1.165) is 30.8 Å². The first-order valence-corrected chi connectivity index (χ1v) is 13.9. The second-order valence-corrected chi connectivity index (χ2v) is 11.7. The topological polar surface area (TPSA) is 94.9 Å². The summed E-state index contributed by atoms with van der Waals surface area (Å²) in [6.07, 6.45) is 2.17. The van der Waals surface area contributed by atoms with Crippen LogP contribution < -0.4 is 20.3 Å². The number of carbonyl (C=O) groups excluding carboxylic acids is 1. The molecule has 0 bridgehead atoms. The Labute approximate surface area is 236 Å². The van der Waals surface area contributed by atoms with E-state index in [1.54, 1.807) is 26.4 Å². The molecule has 2 atom stereocenters. The molecule has 2 aromatic carbocycles. The average molecular weight is 551 g/mol. The second kappa shape index (κ2) is 12.7. The first-order valence-electron chi connectivity index (χ1n) is 13.9. The van der Waals surface area contributed by atoms with Crippen molar-refractivity contribution in [2.24, 2.45) is 5.41 Å². The van der Waals surface area contributed by atoms with Gasteiger partial charge in [-0.1, -0.05) is 51.1 Å². The number of nitrogens with zero attached hydrogens (tertiary/aromatic N) is 3. The van der Waals surface area contributed by atoms with Gasteiger partial charge in [-0.2, -0.15) is 0 Å². The van der Waals surface area contributed by atoms with E-state index in [1.807, 2.05) is 34.9 Å². The first-order chi connectivity index (χ1) is 19.1. The van der Waals surface area contributed by atoms with Gasteiger partial charge in [0.1, 0.15) is 12.4 Å². The fraction of sp³-hybridized carbons (Fsp3) is 0.516. The molecule has 1 fully saturated rings.